The van der Waals surface area contributed by atoms with E-state index in [1.807, 2.05) is 32.0 Å². The van der Waals surface area contributed by atoms with Gasteiger partial charge >= 0.3 is 0 Å². The first-order valence-electron chi connectivity index (χ1n) is 9.60. The summed E-state index contributed by atoms with van der Waals surface area (Å²) in [7, 11) is 0. The largest absolute Gasteiger partial charge is 0.299 e. The van der Waals surface area contributed by atoms with Crippen molar-refractivity contribution in [2.45, 2.75) is 59.0 Å². The van der Waals surface area contributed by atoms with Crippen molar-refractivity contribution in [2.24, 2.45) is 0 Å². The number of Topliss-reactive ketones (excluding diaryl/α,β-unsaturated/α-hetero) is 2. The van der Waals surface area contributed by atoms with Crippen LogP contribution < -0.4 is 0 Å². The van der Waals surface area contributed by atoms with Crippen molar-refractivity contribution >= 4 is 11.6 Å². The van der Waals surface area contributed by atoms with Crippen LogP contribution in [0, 0.1) is 0 Å². The van der Waals surface area contributed by atoms with Gasteiger partial charge in [-0.3, -0.25) is 19.4 Å². The van der Waals surface area contributed by atoms with Crippen molar-refractivity contribution in [2.75, 3.05) is 26.2 Å². The Morgan fingerprint density at radius 3 is 2.36 bits per heavy atom. The van der Waals surface area contributed by atoms with E-state index in [0.29, 0.717) is 18.6 Å². The van der Waals surface area contributed by atoms with E-state index in [4.69, 9.17) is 0 Å². The van der Waals surface area contributed by atoms with E-state index in [1.54, 1.807) is 13.8 Å². The van der Waals surface area contributed by atoms with Crippen LogP contribution in [0.4, 0.5) is 0 Å². The summed E-state index contributed by atoms with van der Waals surface area (Å²) in [6.45, 7) is 11.2. The first-order chi connectivity index (χ1) is 12.0. The lowest BCUT2D eigenvalue weighted by molar-refractivity contribution is -0.118. The molecule has 0 saturated carbocycles. The van der Waals surface area contributed by atoms with Crippen molar-refractivity contribution in [3.05, 3.63) is 35.4 Å². The monoisotopic (exact) mass is 344 g/mol. The summed E-state index contributed by atoms with van der Waals surface area (Å²) < 4.78 is 0. The smallest absolute Gasteiger partial charge is 0.159 e. The molecule has 0 spiro atoms. The van der Waals surface area contributed by atoms with Gasteiger partial charge in [-0.05, 0) is 51.3 Å². The number of hydrogen-bond donors (Lipinski definition) is 0. The minimum absolute atomic E-state index is 0.134. The molecule has 2 atom stereocenters. The Hall–Kier alpha value is -1.52. The Kier molecular flexibility index (Phi) is 7.33. The zero-order valence-electron chi connectivity index (χ0n) is 16.1. The molecule has 0 aliphatic carbocycles. The van der Waals surface area contributed by atoms with Crippen LogP contribution in [0.5, 0.6) is 0 Å². The summed E-state index contributed by atoms with van der Waals surface area (Å²) >= 11 is 0. The van der Waals surface area contributed by atoms with E-state index < -0.39 is 0 Å². The second kappa shape index (κ2) is 9.25. The first-order valence-corrected chi connectivity index (χ1v) is 9.60. The lowest BCUT2D eigenvalue weighted by Gasteiger charge is -2.33. The highest BCUT2D eigenvalue weighted by molar-refractivity contribution is 5.94. The van der Waals surface area contributed by atoms with Crippen LogP contribution in [-0.2, 0) is 11.2 Å². The van der Waals surface area contributed by atoms with Crippen LogP contribution in [-0.4, -0.2) is 59.6 Å². The molecule has 0 radical (unpaired) electrons. The van der Waals surface area contributed by atoms with Crippen molar-refractivity contribution in [3.8, 4) is 0 Å². The molecule has 2 aliphatic rings. The summed E-state index contributed by atoms with van der Waals surface area (Å²) in [6.07, 6.45) is 3.36. The van der Waals surface area contributed by atoms with Crippen LogP contribution in [0.2, 0.25) is 0 Å². The maximum absolute atomic E-state index is 11.4. The van der Waals surface area contributed by atoms with Crippen molar-refractivity contribution in [1.82, 2.24) is 9.80 Å². The van der Waals surface area contributed by atoms with Gasteiger partial charge < -0.3 is 0 Å². The molecule has 2 saturated heterocycles. The lowest BCUT2D eigenvalue weighted by Crippen LogP contribution is -2.47. The van der Waals surface area contributed by atoms with Gasteiger partial charge in [0.1, 0.15) is 5.78 Å². The Bertz CT molecular complexity index is 599. The molecule has 4 nitrogen and oxygen atoms in total. The van der Waals surface area contributed by atoms with Gasteiger partial charge in [-0.15, -0.1) is 0 Å². The standard InChI is InChI=1S/C19H26N2O2.C2H6/c1-14(22)11-21-13-18-10-19(21)12-20(18)8-4-6-16-5-3-7-17(9-16)15(2)23;1-2/h3,5,7,9,18-19H,4,6,8,10-13H2,1-2H3;1-2H3. The van der Waals surface area contributed by atoms with E-state index in [9.17, 15) is 9.59 Å². The number of likely N-dealkylation sites (tertiary alicyclic amines) is 2. The van der Waals surface area contributed by atoms with Crippen LogP contribution >= 0.6 is 0 Å². The topological polar surface area (TPSA) is 40.6 Å². The number of ketones is 2. The van der Waals surface area contributed by atoms with E-state index in [0.717, 1.165) is 38.0 Å². The maximum Gasteiger partial charge on any atom is 0.159 e. The van der Waals surface area contributed by atoms with Crippen LogP contribution in [0.1, 0.15) is 56.5 Å². The third kappa shape index (κ3) is 5.23. The third-order valence-electron chi connectivity index (χ3n) is 5.14. The number of carbonyl (C=O) groups excluding carboxylic acids is 2. The average Bonchev–Trinajstić information content (AvgIpc) is 3.16. The van der Waals surface area contributed by atoms with Gasteiger partial charge in [-0.2, -0.15) is 0 Å². The van der Waals surface area contributed by atoms with Crippen LogP contribution in [0.25, 0.3) is 0 Å². The molecule has 0 amide bonds. The minimum Gasteiger partial charge on any atom is -0.299 e. The number of carbonyl (C=O) groups is 2. The number of fused-ring (bicyclic) bond motifs is 2. The molecule has 1 aromatic carbocycles. The number of aryl methyl sites for hydroxylation is 1. The molecule has 138 valence electrons. The highest BCUT2D eigenvalue weighted by Gasteiger charge is 2.42. The summed E-state index contributed by atoms with van der Waals surface area (Å²) in [5.41, 5.74) is 2.06. The number of rotatable bonds is 7. The molecule has 0 N–H and O–H groups in total. The first kappa shape index (κ1) is 19.8. The molecule has 25 heavy (non-hydrogen) atoms. The highest BCUT2D eigenvalue weighted by Crippen LogP contribution is 2.30. The SMILES string of the molecule is CC.CC(=O)CN1CC2CC1CN2CCCc1cccc(C(C)=O)c1. The fourth-order valence-electron chi connectivity index (χ4n) is 4.02. The third-order valence-corrected chi connectivity index (χ3v) is 5.14. The van der Waals surface area contributed by atoms with Crippen molar-refractivity contribution in [1.29, 1.82) is 0 Å². The molecule has 0 aromatic heterocycles. The highest BCUT2D eigenvalue weighted by atomic mass is 16.1. The van der Waals surface area contributed by atoms with Gasteiger partial charge in [0.05, 0.1) is 6.54 Å². The van der Waals surface area contributed by atoms with Gasteiger partial charge in [0.25, 0.3) is 0 Å². The van der Waals surface area contributed by atoms with Gasteiger partial charge in [-0.1, -0.05) is 32.0 Å². The molecule has 3 rings (SSSR count). The number of piperazine rings is 1. The molecule has 4 heteroatoms. The second-order valence-corrected chi connectivity index (χ2v) is 7.03. The summed E-state index contributed by atoms with van der Waals surface area (Å²) in [5, 5.41) is 0. The van der Waals surface area contributed by atoms with Crippen LogP contribution in [0.3, 0.4) is 0 Å². The maximum atomic E-state index is 11.4. The fraction of sp³-hybridized carbons (Fsp3) is 0.619. The Labute approximate surface area is 152 Å². The predicted molar refractivity (Wildman–Crippen MR) is 102 cm³/mol. The molecule has 2 bridgehead atoms. The molecular formula is C21H32N2O2. The summed E-state index contributed by atoms with van der Waals surface area (Å²) in [5.74, 6) is 0.406. The van der Waals surface area contributed by atoms with E-state index in [-0.39, 0.29) is 11.6 Å². The number of hydrogen-bond acceptors (Lipinski definition) is 4. The van der Waals surface area contributed by atoms with E-state index in [1.165, 1.54) is 12.0 Å². The van der Waals surface area contributed by atoms with Gasteiger partial charge in [0.2, 0.25) is 0 Å². The second-order valence-electron chi connectivity index (χ2n) is 7.03. The zero-order chi connectivity index (χ0) is 18.4. The Balaban J connectivity index is 0.00000109. The minimum atomic E-state index is 0.134. The van der Waals surface area contributed by atoms with Gasteiger partial charge in [0.15, 0.2) is 5.78 Å². The van der Waals surface area contributed by atoms with E-state index >= 15 is 0 Å². The molecule has 2 fully saturated rings. The summed E-state index contributed by atoms with van der Waals surface area (Å²) in [6, 6.07) is 9.19. The van der Waals surface area contributed by atoms with Crippen molar-refractivity contribution in [3.63, 3.8) is 0 Å². The zero-order valence-corrected chi connectivity index (χ0v) is 16.1. The lowest BCUT2D eigenvalue weighted by atomic mass is 10.0. The molecular weight excluding hydrogens is 312 g/mol. The molecule has 2 unspecified atom stereocenters. The van der Waals surface area contributed by atoms with Crippen molar-refractivity contribution < 1.29 is 9.59 Å². The van der Waals surface area contributed by atoms with Crippen LogP contribution in [0.15, 0.2) is 24.3 Å². The molecule has 2 heterocycles. The normalized spacial score (nSPS) is 22.6. The summed E-state index contributed by atoms with van der Waals surface area (Å²) in [4.78, 5) is 27.6. The number of nitrogens with zero attached hydrogens (tertiary/aromatic N) is 2. The molecule has 2 aliphatic heterocycles. The Morgan fingerprint density at radius 1 is 1.08 bits per heavy atom. The number of benzene rings is 1. The predicted octanol–water partition coefficient (Wildman–Crippen LogP) is 3.20. The quantitative estimate of drug-likeness (QED) is 0.712. The fourth-order valence-corrected chi connectivity index (χ4v) is 4.02. The van der Waals surface area contributed by atoms with E-state index in [2.05, 4.69) is 15.9 Å². The average molecular weight is 344 g/mol. The molecule has 1 aromatic rings. The Morgan fingerprint density at radius 2 is 1.76 bits per heavy atom. The van der Waals surface area contributed by atoms with Gasteiger partial charge in [0, 0.05) is 30.7 Å². The van der Waals surface area contributed by atoms with Gasteiger partial charge in [-0.25, -0.2) is 0 Å².